The molecule has 0 heterocycles. The Morgan fingerprint density at radius 1 is 1.00 bits per heavy atom. The van der Waals surface area contributed by atoms with Gasteiger partial charge in [0, 0.05) is 18.5 Å². The van der Waals surface area contributed by atoms with Gasteiger partial charge < -0.3 is 10.1 Å². The van der Waals surface area contributed by atoms with E-state index in [2.05, 4.69) is 15.8 Å². The van der Waals surface area contributed by atoms with Crippen molar-refractivity contribution in [3.63, 3.8) is 0 Å². The highest BCUT2D eigenvalue weighted by Crippen LogP contribution is 2.14. The number of hydrazone groups is 1. The van der Waals surface area contributed by atoms with Crippen LogP contribution in [0.4, 0.5) is 5.69 Å². The Labute approximate surface area is 159 Å². The van der Waals surface area contributed by atoms with Gasteiger partial charge in [-0.15, -0.1) is 0 Å². The van der Waals surface area contributed by atoms with Crippen LogP contribution in [0.25, 0.3) is 0 Å². The number of aryl methyl sites for hydroxylation is 2. The van der Waals surface area contributed by atoms with Gasteiger partial charge in [0.25, 0.3) is 0 Å². The van der Waals surface area contributed by atoms with E-state index in [0.29, 0.717) is 6.61 Å². The fraction of sp³-hybridized carbons (Fsp3) is 0.286. The molecule has 27 heavy (non-hydrogen) atoms. The van der Waals surface area contributed by atoms with Crippen molar-refractivity contribution < 1.29 is 14.3 Å². The first-order valence-corrected chi connectivity index (χ1v) is 8.90. The molecule has 2 N–H and O–H groups in total. The second kappa shape index (κ2) is 10.1. The molecule has 0 radical (unpaired) electrons. The second-order valence-electron chi connectivity index (χ2n) is 6.14. The number of benzene rings is 2. The van der Waals surface area contributed by atoms with E-state index in [-0.39, 0.29) is 24.7 Å². The van der Waals surface area contributed by atoms with Crippen LogP contribution in [0.1, 0.15) is 36.5 Å². The van der Waals surface area contributed by atoms with Crippen LogP contribution in [-0.2, 0) is 9.59 Å². The first kappa shape index (κ1) is 20.2. The zero-order chi connectivity index (χ0) is 19.6. The SMILES string of the molecule is CCOc1ccc(C=NNC(=O)CCC(=O)Nc2ccc(C)c(C)c2)cc1. The topological polar surface area (TPSA) is 79.8 Å². The summed E-state index contributed by atoms with van der Waals surface area (Å²) < 4.78 is 5.36. The highest BCUT2D eigenvalue weighted by molar-refractivity contribution is 5.93. The summed E-state index contributed by atoms with van der Waals surface area (Å²) in [6, 6.07) is 13.1. The maximum Gasteiger partial charge on any atom is 0.240 e. The Morgan fingerprint density at radius 3 is 2.37 bits per heavy atom. The number of nitrogens with one attached hydrogen (secondary N) is 2. The summed E-state index contributed by atoms with van der Waals surface area (Å²) in [6.45, 7) is 6.54. The van der Waals surface area contributed by atoms with E-state index < -0.39 is 0 Å². The largest absolute Gasteiger partial charge is 0.494 e. The third kappa shape index (κ3) is 6.93. The van der Waals surface area contributed by atoms with Crippen LogP contribution < -0.4 is 15.5 Å². The fourth-order valence-electron chi connectivity index (χ4n) is 2.32. The zero-order valence-electron chi connectivity index (χ0n) is 15.9. The Bertz CT molecular complexity index is 814. The van der Waals surface area contributed by atoms with Crippen molar-refractivity contribution in [3.8, 4) is 5.75 Å². The fourth-order valence-corrected chi connectivity index (χ4v) is 2.32. The van der Waals surface area contributed by atoms with Gasteiger partial charge >= 0.3 is 0 Å². The molecule has 0 aromatic heterocycles. The minimum Gasteiger partial charge on any atom is -0.494 e. The molecule has 0 atom stereocenters. The quantitative estimate of drug-likeness (QED) is 0.553. The van der Waals surface area contributed by atoms with Crippen molar-refractivity contribution in [2.24, 2.45) is 5.10 Å². The highest BCUT2D eigenvalue weighted by Gasteiger charge is 2.07. The van der Waals surface area contributed by atoms with Gasteiger partial charge in [0.1, 0.15) is 5.75 Å². The van der Waals surface area contributed by atoms with E-state index in [1.165, 1.54) is 0 Å². The Morgan fingerprint density at radius 2 is 1.70 bits per heavy atom. The molecule has 0 bridgehead atoms. The van der Waals surface area contributed by atoms with Crippen LogP contribution in [0.15, 0.2) is 47.6 Å². The first-order valence-electron chi connectivity index (χ1n) is 8.90. The molecule has 0 aliphatic rings. The lowest BCUT2D eigenvalue weighted by Gasteiger charge is -2.07. The lowest BCUT2D eigenvalue weighted by Crippen LogP contribution is -2.20. The average Bonchev–Trinajstić information content (AvgIpc) is 2.65. The van der Waals surface area contributed by atoms with Gasteiger partial charge in [0.2, 0.25) is 11.8 Å². The van der Waals surface area contributed by atoms with Crippen LogP contribution in [0.2, 0.25) is 0 Å². The molecule has 0 spiro atoms. The van der Waals surface area contributed by atoms with E-state index >= 15 is 0 Å². The molecule has 0 aliphatic heterocycles. The van der Waals surface area contributed by atoms with E-state index in [4.69, 9.17) is 4.74 Å². The van der Waals surface area contributed by atoms with Crippen molar-refractivity contribution in [2.45, 2.75) is 33.6 Å². The number of anilines is 1. The van der Waals surface area contributed by atoms with Crippen LogP contribution in [0.3, 0.4) is 0 Å². The number of hydrogen-bond acceptors (Lipinski definition) is 4. The van der Waals surface area contributed by atoms with Crippen molar-refractivity contribution >= 4 is 23.7 Å². The number of carbonyl (C=O) groups is 2. The third-order valence-corrected chi connectivity index (χ3v) is 3.96. The highest BCUT2D eigenvalue weighted by atomic mass is 16.5. The molecule has 2 rings (SSSR count). The van der Waals surface area contributed by atoms with Gasteiger partial charge in [-0.2, -0.15) is 5.10 Å². The molecule has 0 saturated heterocycles. The first-order chi connectivity index (χ1) is 13.0. The maximum atomic E-state index is 12.0. The molecule has 0 aliphatic carbocycles. The van der Waals surface area contributed by atoms with Gasteiger partial charge in [0.15, 0.2) is 0 Å². The predicted molar refractivity (Wildman–Crippen MR) is 107 cm³/mol. The number of nitrogens with zero attached hydrogens (tertiary/aromatic N) is 1. The number of amides is 2. The molecule has 6 nitrogen and oxygen atoms in total. The van der Waals surface area contributed by atoms with Crippen molar-refractivity contribution in [1.82, 2.24) is 5.43 Å². The van der Waals surface area contributed by atoms with E-state index in [1.807, 2.05) is 63.2 Å². The minimum absolute atomic E-state index is 0.0668. The van der Waals surface area contributed by atoms with Crippen LogP contribution >= 0.6 is 0 Å². The summed E-state index contributed by atoms with van der Waals surface area (Å²) in [5.74, 6) is 0.268. The Hall–Kier alpha value is -3.15. The van der Waals surface area contributed by atoms with Crippen LogP contribution in [-0.4, -0.2) is 24.6 Å². The molecular formula is C21H25N3O3. The van der Waals surface area contributed by atoms with Gasteiger partial charge in [-0.25, -0.2) is 5.43 Å². The molecule has 142 valence electrons. The standard InChI is InChI=1S/C21H25N3O3/c1-4-27-19-9-6-17(7-10-19)14-22-24-21(26)12-11-20(25)23-18-8-5-15(2)16(3)13-18/h5-10,13-14H,4,11-12H2,1-3H3,(H,23,25)(H,24,26). The maximum absolute atomic E-state index is 12.0. The van der Waals surface area contributed by atoms with Crippen molar-refractivity contribution in [2.75, 3.05) is 11.9 Å². The third-order valence-electron chi connectivity index (χ3n) is 3.96. The molecule has 0 unspecified atom stereocenters. The van der Waals surface area contributed by atoms with E-state index in [9.17, 15) is 9.59 Å². The van der Waals surface area contributed by atoms with Gasteiger partial charge in [-0.3, -0.25) is 9.59 Å². The number of hydrogen-bond donors (Lipinski definition) is 2. The summed E-state index contributed by atoms with van der Waals surface area (Å²) >= 11 is 0. The van der Waals surface area contributed by atoms with E-state index in [0.717, 1.165) is 28.1 Å². The second-order valence-corrected chi connectivity index (χ2v) is 6.14. The van der Waals surface area contributed by atoms with Crippen LogP contribution in [0.5, 0.6) is 5.75 Å². The molecule has 0 fully saturated rings. The normalized spacial score (nSPS) is 10.6. The van der Waals surface area contributed by atoms with Crippen molar-refractivity contribution in [3.05, 3.63) is 59.2 Å². The number of carbonyl (C=O) groups excluding carboxylic acids is 2. The average molecular weight is 367 g/mol. The molecular weight excluding hydrogens is 342 g/mol. The lowest BCUT2D eigenvalue weighted by atomic mass is 10.1. The molecule has 0 saturated carbocycles. The summed E-state index contributed by atoms with van der Waals surface area (Å²) in [5, 5.41) is 6.70. The summed E-state index contributed by atoms with van der Waals surface area (Å²) in [4.78, 5) is 23.8. The molecule has 2 amide bonds. The monoisotopic (exact) mass is 367 g/mol. The minimum atomic E-state index is -0.313. The number of rotatable bonds is 8. The van der Waals surface area contributed by atoms with Gasteiger partial charge in [0.05, 0.1) is 12.8 Å². The zero-order valence-corrected chi connectivity index (χ0v) is 15.9. The Kier molecular flexibility index (Phi) is 7.55. The molecule has 2 aromatic carbocycles. The summed E-state index contributed by atoms with van der Waals surface area (Å²) in [7, 11) is 0. The van der Waals surface area contributed by atoms with E-state index in [1.54, 1.807) is 6.21 Å². The predicted octanol–water partition coefficient (Wildman–Crippen LogP) is 3.57. The summed E-state index contributed by atoms with van der Waals surface area (Å²) in [5.41, 5.74) is 6.27. The smallest absolute Gasteiger partial charge is 0.240 e. The van der Waals surface area contributed by atoms with Gasteiger partial charge in [-0.05, 0) is 73.9 Å². The van der Waals surface area contributed by atoms with Crippen molar-refractivity contribution in [1.29, 1.82) is 0 Å². The molecule has 6 heteroatoms. The van der Waals surface area contributed by atoms with Crippen LogP contribution in [0, 0.1) is 13.8 Å². The molecule has 2 aromatic rings. The number of ether oxygens (including phenoxy) is 1. The Balaban J connectivity index is 1.73. The summed E-state index contributed by atoms with van der Waals surface area (Å²) in [6.07, 6.45) is 1.71. The van der Waals surface area contributed by atoms with Gasteiger partial charge in [-0.1, -0.05) is 6.07 Å². The lowest BCUT2D eigenvalue weighted by molar-refractivity contribution is -0.124.